The topological polar surface area (TPSA) is 103 Å². The van der Waals surface area contributed by atoms with Crippen LogP contribution in [0.1, 0.15) is 18.3 Å². The molecule has 0 bridgehead atoms. The van der Waals surface area contributed by atoms with Crippen molar-refractivity contribution in [3.63, 3.8) is 0 Å². The fourth-order valence-electron chi connectivity index (χ4n) is 3.74. The monoisotopic (exact) mass is 446 g/mol. The van der Waals surface area contributed by atoms with Gasteiger partial charge in [0, 0.05) is 42.5 Å². The van der Waals surface area contributed by atoms with Gasteiger partial charge in [-0.1, -0.05) is 0 Å². The first-order valence-corrected chi connectivity index (χ1v) is 10.4. The summed E-state index contributed by atoms with van der Waals surface area (Å²) in [6.07, 6.45) is 0. The predicted molar refractivity (Wildman–Crippen MR) is 128 cm³/mol. The molecule has 0 unspecified atom stereocenters. The Morgan fingerprint density at radius 2 is 1.61 bits per heavy atom. The van der Waals surface area contributed by atoms with Gasteiger partial charge < -0.3 is 20.1 Å². The third-order valence-corrected chi connectivity index (χ3v) is 5.40. The highest BCUT2D eigenvalue weighted by molar-refractivity contribution is 5.95. The number of benzene rings is 2. The van der Waals surface area contributed by atoms with E-state index in [1.807, 2.05) is 62.0 Å². The van der Waals surface area contributed by atoms with Gasteiger partial charge in [0.05, 0.1) is 31.0 Å². The highest BCUT2D eigenvalue weighted by atomic mass is 16.5. The molecule has 4 rings (SSSR count). The average Bonchev–Trinajstić information content (AvgIpc) is 3.04. The number of methoxy groups -OCH3 is 2. The molecule has 0 aliphatic carbocycles. The molecule has 33 heavy (non-hydrogen) atoms. The number of hydrogen-bond donors (Lipinski definition) is 2. The number of hydrogen-bond acceptors (Lipinski definition) is 7. The number of aromatic nitrogens is 4. The molecular formula is C24H26N6O3. The minimum absolute atomic E-state index is 0.120. The van der Waals surface area contributed by atoms with Crippen LogP contribution in [0, 0.1) is 13.8 Å². The molecule has 0 saturated heterocycles. The number of rotatable bonds is 6. The second-order valence-corrected chi connectivity index (χ2v) is 7.67. The van der Waals surface area contributed by atoms with Crippen molar-refractivity contribution in [2.45, 2.75) is 20.8 Å². The Bertz CT molecular complexity index is 1350. The second kappa shape index (κ2) is 8.78. The van der Waals surface area contributed by atoms with E-state index in [0.29, 0.717) is 34.3 Å². The van der Waals surface area contributed by atoms with Crippen LogP contribution in [0.3, 0.4) is 0 Å². The lowest BCUT2D eigenvalue weighted by molar-refractivity contribution is -0.114. The second-order valence-electron chi connectivity index (χ2n) is 7.67. The molecule has 2 aromatic carbocycles. The van der Waals surface area contributed by atoms with Gasteiger partial charge >= 0.3 is 0 Å². The quantitative estimate of drug-likeness (QED) is 0.453. The Labute approximate surface area is 191 Å². The lowest BCUT2D eigenvalue weighted by Crippen LogP contribution is -2.05. The normalized spacial score (nSPS) is 10.8. The molecule has 170 valence electrons. The summed E-state index contributed by atoms with van der Waals surface area (Å²) in [5.41, 5.74) is 4.94. The number of carbonyl (C=O) groups excluding carboxylic acids is 1. The van der Waals surface area contributed by atoms with Gasteiger partial charge in [0.1, 0.15) is 5.82 Å². The number of aryl methyl sites for hydroxylation is 2. The van der Waals surface area contributed by atoms with Crippen molar-refractivity contribution in [2.24, 2.45) is 7.05 Å². The van der Waals surface area contributed by atoms with Crippen molar-refractivity contribution in [3.8, 4) is 22.9 Å². The summed E-state index contributed by atoms with van der Waals surface area (Å²) in [7, 11) is 5.09. The van der Waals surface area contributed by atoms with Crippen LogP contribution in [0.4, 0.5) is 17.2 Å². The zero-order chi connectivity index (χ0) is 23.7. The predicted octanol–water partition coefficient (Wildman–Crippen LogP) is 4.37. The van der Waals surface area contributed by atoms with Crippen LogP contribution in [-0.2, 0) is 11.8 Å². The Hall–Kier alpha value is -4.14. The number of amides is 1. The summed E-state index contributed by atoms with van der Waals surface area (Å²) in [5.74, 6) is 2.23. The van der Waals surface area contributed by atoms with Crippen LogP contribution in [0.25, 0.3) is 22.3 Å². The first-order chi connectivity index (χ1) is 15.8. The van der Waals surface area contributed by atoms with Crippen LogP contribution in [0.15, 0.2) is 36.4 Å². The molecule has 0 radical (unpaired) electrons. The lowest BCUT2D eigenvalue weighted by atomic mass is 10.1. The van der Waals surface area contributed by atoms with Crippen molar-refractivity contribution < 1.29 is 14.3 Å². The molecular weight excluding hydrogens is 420 g/mol. The first-order valence-electron chi connectivity index (χ1n) is 10.4. The van der Waals surface area contributed by atoms with E-state index < -0.39 is 0 Å². The number of fused-ring (bicyclic) bond motifs is 1. The van der Waals surface area contributed by atoms with Crippen molar-refractivity contribution in [1.29, 1.82) is 0 Å². The van der Waals surface area contributed by atoms with E-state index in [1.165, 1.54) is 6.92 Å². The summed E-state index contributed by atoms with van der Waals surface area (Å²) in [4.78, 5) is 21.0. The molecule has 0 atom stereocenters. The molecule has 2 aromatic heterocycles. The van der Waals surface area contributed by atoms with Gasteiger partial charge in [0.15, 0.2) is 17.3 Å². The standard InChI is InChI=1S/C24H26N6O3/c1-13-22(14(2)30(4)29-13)24-27-19-12-21(33-6)20(32-5)11-18(19)23(28-24)26-17-9-7-16(8-10-17)25-15(3)31/h7-12H,1-6H3,(H,25,31)(H,26,27,28). The van der Waals surface area contributed by atoms with E-state index >= 15 is 0 Å². The summed E-state index contributed by atoms with van der Waals surface area (Å²) in [6, 6.07) is 11.1. The van der Waals surface area contributed by atoms with Gasteiger partial charge in [0.25, 0.3) is 0 Å². The molecule has 0 saturated carbocycles. The van der Waals surface area contributed by atoms with Gasteiger partial charge in [-0.2, -0.15) is 5.10 Å². The average molecular weight is 447 g/mol. The molecule has 1 amide bonds. The molecule has 0 aliphatic rings. The SMILES string of the molecule is COc1cc2nc(-c3c(C)nn(C)c3C)nc(Nc3ccc(NC(C)=O)cc3)c2cc1OC. The van der Waals surface area contributed by atoms with Crippen LogP contribution in [-0.4, -0.2) is 39.9 Å². The van der Waals surface area contributed by atoms with Gasteiger partial charge in [-0.25, -0.2) is 9.97 Å². The maximum Gasteiger partial charge on any atom is 0.221 e. The van der Waals surface area contributed by atoms with Gasteiger partial charge in [-0.3, -0.25) is 9.48 Å². The maximum atomic E-state index is 11.3. The zero-order valence-corrected chi connectivity index (χ0v) is 19.5. The van der Waals surface area contributed by atoms with Gasteiger partial charge in [0.2, 0.25) is 5.91 Å². The Morgan fingerprint density at radius 3 is 2.18 bits per heavy atom. The van der Waals surface area contributed by atoms with E-state index in [-0.39, 0.29) is 5.91 Å². The first kappa shape index (κ1) is 22.1. The van der Waals surface area contributed by atoms with Crippen molar-refractivity contribution in [2.75, 3.05) is 24.9 Å². The third-order valence-electron chi connectivity index (χ3n) is 5.40. The molecule has 9 heteroatoms. The summed E-state index contributed by atoms with van der Waals surface area (Å²) in [6.45, 7) is 5.41. The molecule has 0 spiro atoms. The van der Waals surface area contributed by atoms with Gasteiger partial charge in [-0.15, -0.1) is 0 Å². The lowest BCUT2D eigenvalue weighted by Gasteiger charge is -2.14. The van der Waals surface area contributed by atoms with E-state index in [1.54, 1.807) is 14.2 Å². The van der Waals surface area contributed by atoms with E-state index in [4.69, 9.17) is 19.4 Å². The smallest absolute Gasteiger partial charge is 0.221 e. The number of ether oxygens (including phenoxy) is 2. The third kappa shape index (κ3) is 4.30. The minimum atomic E-state index is -0.120. The summed E-state index contributed by atoms with van der Waals surface area (Å²) >= 11 is 0. The molecule has 0 aliphatic heterocycles. The maximum absolute atomic E-state index is 11.3. The molecule has 4 aromatic rings. The molecule has 9 nitrogen and oxygen atoms in total. The fraction of sp³-hybridized carbons (Fsp3) is 0.250. The number of nitrogens with one attached hydrogen (secondary N) is 2. The van der Waals surface area contributed by atoms with E-state index in [9.17, 15) is 4.79 Å². The minimum Gasteiger partial charge on any atom is -0.493 e. The number of anilines is 3. The Kier molecular flexibility index (Phi) is 5.87. The Balaban J connectivity index is 1.87. The zero-order valence-electron chi connectivity index (χ0n) is 19.5. The largest absolute Gasteiger partial charge is 0.493 e. The molecule has 2 N–H and O–H groups in total. The highest BCUT2D eigenvalue weighted by Gasteiger charge is 2.19. The number of carbonyl (C=O) groups is 1. The van der Waals surface area contributed by atoms with E-state index in [0.717, 1.165) is 28.0 Å². The van der Waals surface area contributed by atoms with Crippen LogP contribution < -0.4 is 20.1 Å². The number of nitrogens with zero attached hydrogens (tertiary/aromatic N) is 4. The van der Waals surface area contributed by atoms with Crippen molar-refractivity contribution >= 4 is 34.0 Å². The van der Waals surface area contributed by atoms with Crippen LogP contribution in [0.2, 0.25) is 0 Å². The fourth-order valence-corrected chi connectivity index (χ4v) is 3.74. The Morgan fingerprint density at radius 1 is 0.970 bits per heavy atom. The van der Waals surface area contributed by atoms with E-state index in [2.05, 4.69) is 15.7 Å². The highest BCUT2D eigenvalue weighted by Crippen LogP contribution is 2.37. The van der Waals surface area contributed by atoms with Crippen LogP contribution >= 0.6 is 0 Å². The van der Waals surface area contributed by atoms with Gasteiger partial charge in [-0.05, 0) is 44.2 Å². The molecule has 2 heterocycles. The molecule has 0 fully saturated rings. The van der Waals surface area contributed by atoms with Crippen LogP contribution in [0.5, 0.6) is 11.5 Å². The summed E-state index contributed by atoms with van der Waals surface area (Å²) < 4.78 is 12.8. The summed E-state index contributed by atoms with van der Waals surface area (Å²) in [5, 5.41) is 11.4. The van der Waals surface area contributed by atoms with Crippen molar-refractivity contribution in [3.05, 3.63) is 47.8 Å². The van der Waals surface area contributed by atoms with Crippen molar-refractivity contribution in [1.82, 2.24) is 19.7 Å².